The Morgan fingerprint density at radius 1 is 0.812 bits per heavy atom. The summed E-state index contributed by atoms with van der Waals surface area (Å²) in [5, 5.41) is 9.23. The van der Waals surface area contributed by atoms with Crippen molar-refractivity contribution in [2.75, 3.05) is 5.33 Å². The average Bonchev–Trinajstić information content (AvgIpc) is 2.08. The smallest absolute Gasteiger partial charge is 0.374 e. The van der Waals surface area contributed by atoms with Crippen molar-refractivity contribution in [3.05, 3.63) is 0 Å². The normalized spacial score (nSPS) is 14.2. The molecule has 0 aromatic heterocycles. The van der Waals surface area contributed by atoms with Crippen molar-refractivity contribution in [1.82, 2.24) is 0 Å². The van der Waals surface area contributed by atoms with E-state index in [2.05, 4.69) is 15.9 Å². The lowest BCUT2D eigenvalue weighted by Gasteiger charge is -2.32. The van der Waals surface area contributed by atoms with E-state index in [9.17, 15) is 26.3 Å². The third kappa shape index (κ3) is 3.80. The Kier molecular flexibility index (Phi) is 5.58. The molecule has 0 bridgehead atoms. The van der Waals surface area contributed by atoms with Gasteiger partial charge in [-0.1, -0.05) is 22.4 Å². The molecule has 0 radical (unpaired) electrons. The first-order valence-corrected chi connectivity index (χ1v) is 5.60. The van der Waals surface area contributed by atoms with Gasteiger partial charge in [0, 0.05) is 5.33 Å². The van der Waals surface area contributed by atoms with Crippen LogP contribution in [0.4, 0.5) is 26.3 Å². The van der Waals surface area contributed by atoms with Crippen LogP contribution in [0, 0.1) is 0 Å². The van der Waals surface area contributed by atoms with Gasteiger partial charge in [0.05, 0.1) is 0 Å². The van der Waals surface area contributed by atoms with Gasteiger partial charge < -0.3 is 5.11 Å². The Labute approximate surface area is 96.9 Å². The summed E-state index contributed by atoms with van der Waals surface area (Å²) < 4.78 is 72.8. The lowest BCUT2D eigenvalue weighted by molar-refractivity contribution is -0.370. The topological polar surface area (TPSA) is 20.2 Å². The molecular formula is C8H11BrF6O. The van der Waals surface area contributed by atoms with E-state index in [0.717, 1.165) is 0 Å². The van der Waals surface area contributed by atoms with Crippen LogP contribution >= 0.6 is 15.9 Å². The minimum atomic E-state index is -5.69. The first kappa shape index (κ1) is 16.0. The molecule has 98 valence electrons. The van der Waals surface area contributed by atoms with Gasteiger partial charge >= 0.3 is 12.4 Å². The maximum Gasteiger partial charge on any atom is 0.426 e. The van der Waals surface area contributed by atoms with Crippen molar-refractivity contribution in [1.29, 1.82) is 0 Å². The summed E-state index contributed by atoms with van der Waals surface area (Å²) >= 11 is 3.00. The molecule has 1 N–H and O–H groups in total. The summed E-state index contributed by atoms with van der Waals surface area (Å²) in [6.45, 7) is 0. The summed E-state index contributed by atoms with van der Waals surface area (Å²) in [6, 6.07) is 0. The van der Waals surface area contributed by atoms with E-state index >= 15 is 0 Å². The second-order valence-electron chi connectivity index (χ2n) is 3.36. The Bertz CT molecular complexity index is 198. The van der Waals surface area contributed by atoms with Crippen LogP contribution < -0.4 is 0 Å². The van der Waals surface area contributed by atoms with Crippen molar-refractivity contribution < 1.29 is 31.4 Å². The Balaban J connectivity index is 4.59. The first-order chi connectivity index (χ1) is 7.06. The number of unbranched alkanes of at least 4 members (excludes halogenated alkanes) is 2. The average molecular weight is 317 g/mol. The lowest BCUT2D eigenvalue weighted by atomic mass is 9.95. The maximum absolute atomic E-state index is 12.1. The highest BCUT2D eigenvalue weighted by atomic mass is 79.9. The summed E-state index contributed by atoms with van der Waals surface area (Å²) in [5.41, 5.74) is -4.59. The number of rotatable bonds is 5. The molecule has 16 heavy (non-hydrogen) atoms. The highest BCUT2D eigenvalue weighted by molar-refractivity contribution is 9.09. The summed E-state index contributed by atoms with van der Waals surface area (Å²) in [7, 11) is 0. The maximum atomic E-state index is 12.1. The minimum absolute atomic E-state index is 0.194. The molecule has 0 atom stereocenters. The van der Waals surface area contributed by atoms with Crippen LogP contribution in [0.1, 0.15) is 25.7 Å². The number of aliphatic hydroxyl groups is 1. The molecule has 0 rings (SSSR count). The molecular weight excluding hydrogens is 306 g/mol. The van der Waals surface area contributed by atoms with Crippen LogP contribution in [0.5, 0.6) is 0 Å². The molecule has 8 heteroatoms. The summed E-state index contributed by atoms with van der Waals surface area (Å²) in [6.07, 6.45) is -12.4. The fourth-order valence-electron chi connectivity index (χ4n) is 1.10. The quantitative estimate of drug-likeness (QED) is 0.465. The lowest BCUT2D eigenvalue weighted by Crippen LogP contribution is -2.56. The third-order valence-electron chi connectivity index (χ3n) is 2.11. The van der Waals surface area contributed by atoms with E-state index in [-0.39, 0.29) is 12.8 Å². The molecule has 0 spiro atoms. The van der Waals surface area contributed by atoms with Crippen molar-refractivity contribution in [2.45, 2.75) is 43.6 Å². The number of hydrogen-bond donors (Lipinski definition) is 1. The number of alkyl halides is 7. The van der Waals surface area contributed by atoms with Crippen LogP contribution in [-0.4, -0.2) is 28.4 Å². The second kappa shape index (κ2) is 5.57. The van der Waals surface area contributed by atoms with Crippen LogP contribution in [0.15, 0.2) is 0 Å². The van der Waals surface area contributed by atoms with E-state index in [0.29, 0.717) is 11.8 Å². The van der Waals surface area contributed by atoms with Crippen molar-refractivity contribution in [3.63, 3.8) is 0 Å². The van der Waals surface area contributed by atoms with Crippen molar-refractivity contribution in [3.8, 4) is 0 Å². The van der Waals surface area contributed by atoms with Gasteiger partial charge in [0.25, 0.3) is 5.60 Å². The van der Waals surface area contributed by atoms with Gasteiger partial charge in [-0.25, -0.2) is 0 Å². The van der Waals surface area contributed by atoms with E-state index in [1.807, 2.05) is 0 Å². The highest BCUT2D eigenvalue weighted by Crippen LogP contribution is 2.45. The molecule has 0 aromatic carbocycles. The molecule has 0 aliphatic rings. The van der Waals surface area contributed by atoms with Gasteiger partial charge in [-0.05, 0) is 19.3 Å². The Morgan fingerprint density at radius 3 is 1.56 bits per heavy atom. The fraction of sp³-hybridized carbons (Fsp3) is 1.00. The number of hydrogen-bond acceptors (Lipinski definition) is 1. The summed E-state index contributed by atoms with van der Waals surface area (Å²) in [4.78, 5) is 0. The van der Waals surface area contributed by atoms with E-state index in [1.165, 1.54) is 0 Å². The van der Waals surface area contributed by atoms with Crippen LogP contribution in [-0.2, 0) is 0 Å². The molecule has 0 saturated carbocycles. The molecule has 0 fully saturated rings. The molecule has 0 aliphatic carbocycles. The van der Waals surface area contributed by atoms with Crippen molar-refractivity contribution >= 4 is 15.9 Å². The Hall–Kier alpha value is 0.0200. The molecule has 0 aromatic rings. The van der Waals surface area contributed by atoms with Crippen LogP contribution in [0.25, 0.3) is 0 Å². The van der Waals surface area contributed by atoms with Gasteiger partial charge in [0.2, 0.25) is 0 Å². The van der Waals surface area contributed by atoms with E-state index in [1.54, 1.807) is 0 Å². The fourth-order valence-corrected chi connectivity index (χ4v) is 1.49. The van der Waals surface area contributed by atoms with E-state index in [4.69, 9.17) is 5.11 Å². The predicted octanol–water partition coefficient (Wildman–Crippen LogP) is 3.80. The zero-order valence-corrected chi connectivity index (χ0v) is 9.71. The van der Waals surface area contributed by atoms with Crippen molar-refractivity contribution in [2.24, 2.45) is 0 Å². The van der Waals surface area contributed by atoms with Gasteiger partial charge in [-0.15, -0.1) is 0 Å². The monoisotopic (exact) mass is 316 g/mol. The second-order valence-corrected chi connectivity index (χ2v) is 4.15. The number of halogens is 7. The minimum Gasteiger partial charge on any atom is -0.374 e. The zero-order chi connectivity index (χ0) is 13.0. The predicted molar refractivity (Wildman–Crippen MR) is 49.3 cm³/mol. The van der Waals surface area contributed by atoms with Crippen LogP contribution in [0.3, 0.4) is 0 Å². The molecule has 0 unspecified atom stereocenters. The SMILES string of the molecule is OC(CCCCCBr)(C(F)(F)F)C(F)(F)F. The highest BCUT2D eigenvalue weighted by Gasteiger charge is 2.69. The van der Waals surface area contributed by atoms with E-state index < -0.39 is 24.4 Å². The van der Waals surface area contributed by atoms with Gasteiger partial charge in [0.1, 0.15) is 0 Å². The molecule has 1 nitrogen and oxygen atoms in total. The van der Waals surface area contributed by atoms with Gasteiger partial charge in [-0.2, -0.15) is 26.3 Å². The van der Waals surface area contributed by atoms with Crippen LogP contribution in [0.2, 0.25) is 0 Å². The third-order valence-corrected chi connectivity index (χ3v) is 2.67. The summed E-state index contributed by atoms with van der Waals surface area (Å²) in [5.74, 6) is 0. The van der Waals surface area contributed by atoms with Gasteiger partial charge in [-0.3, -0.25) is 0 Å². The standard InChI is InChI=1S/C8H11BrF6O/c9-5-3-1-2-4-6(16,7(10,11)12)8(13,14)15/h16H,1-5H2. The first-order valence-electron chi connectivity index (χ1n) is 4.48. The molecule has 0 aliphatic heterocycles. The Morgan fingerprint density at radius 2 is 1.25 bits per heavy atom. The largest absolute Gasteiger partial charge is 0.426 e. The molecule has 0 saturated heterocycles. The molecule has 0 amide bonds. The molecule has 0 heterocycles. The van der Waals surface area contributed by atoms with Gasteiger partial charge in [0.15, 0.2) is 0 Å². The zero-order valence-electron chi connectivity index (χ0n) is 8.13.